The Bertz CT molecular complexity index is 483. The van der Waals surface area contributed by atoms with Gasteiger partial charge in [0.25, 0.3) is 0 Å². The van der Waals surface area contributed by atoms with Crippen LogP contribution in [0.5, 0.6) is 11.5 Å². The number of halogens is 1. The number of hydrogen-bond donors (Lipinski definition) is 1. The summed E-state index contributed by atoms with van der Waals surface area (Å²) in [4.78, 5) is 0. The van der Waals surface area contributed by atoms with Crippen molar-refractivity contribution in [1.82, 2.24) is 0 Å². The average molecular weight is 316 g/mol. The lowest BCUT2D eigenvalue weighted by Crippen LogP contribution is -2.56. The standard InChI is InChI=1S/C15H22ClNO4/c1-5-21-14-8-11(15(14)20-4)17-10-7-12(18-2)9(16)6-13(10)19-3/h6-7,11,14-15,17H,5,8H2,1-4H3. The van der Waals surface area contributed by atoms with Crippen LogP contribution in [0.1, 0.15) is 13.3 Å². The normalized spacial score (nSPS) is 24.3. The molecule has 0 amide bonds. The van der Waals surface area contributed by atoms with Crippen molar-refractivity contribution in [3.05, 3.63) is 17.2 Å². The van der Waals surface area contributed by atoms with Crippen molar-refractivity contribution in [1.29, 1.82) is 0 Å². The Morgan fingerprint density at radius 3 is 2.48 bits per heavy atom. The summed E-state index contributed by atoms with van der Waals surface area (Å²) in [6.45, 7) is 2.68. The molecule has 1 aromatic rings. The molecule has 3 unspecified atom stereocenters. The third-order valence-electron chi connectivity index (χ3n) is 3.72. The third kappa shape index (κ3) is 3.36. The van der Waals surface area contributed by atoms with Gasteiger partial charge in [-0.3, -0.25) is 0 Å². The molecule has 0 aliphatic heterocycles. The number of ether oxygens (including phenoxy) is 4. The van der Waals surface area contributed by atoms with E-state index in [0.29, 0.717) is 23.1 Å². The maximum Gasteiger partial charge on any atom is 0.143 e. The summed E-state index contributed by atoms with van der Waals surface area (Å²) in [6.07, 6.45) is 1.05. The molecule has 5 nitrogen and oxygen atoms in total. The van der Waals surface area contributed by atoms with Gasteiger partial charge in [-0.15, -0.1) is 0 Å². The Balaban J connectivity index is 2.12. The molecule has 6 heteroatoms. The molecule has 0 saturated heterocycles. The zero-order valence-corrected chi connectivity index (χ0v) is 13.6. The summed E-state index contributed by atoms with van der Waals surface area (Å²) in [7, 11) is 4.90. The second-order valence-corrected chi connectivity index (χ2v) is 5.27. The van der Waals surface area contributed by atoms with Gasteiger partial charge < -0.3 is 24.3 Å². The molecule has 1 aliphatic carbocycles. The largest absolute Gasteiger partial charge is 0.495 e. The average Bonchev–Trinajstić information content (AvgIpc) is 2.47. The Kier molecular flexibility index (Phi) is 5.56. The van der Waals surface area contributed by atoms with E-state index in [9.17, 15) is 0 Å². The van der Waals surface area contributed by atoms with E-state index in [1.54, 1.807) is 27.4 Å². The number of benzene rings is 1. The van der Waals surface area contributed by atoms with Crippen LogP contribution >= 0.6 is 11.6 Å². The number of rotatable bonds is 7. The predicted molar refractivity (Wildman–Crippen MR) is 82.8 cm³/mol. The molecular formula is C15H22ClNO4. The van der Waals surface area contributed by atoms with Crippen LogP contribution < -0.4 is 14.8 Å². The SMILES string of the molecule is CCOC1CC(Nc2cc(OC)c(Cl)cc2OC)C1OC. The third-order valence-corrected chi connectivity index (χ3v) is 4.01. The number of methoxy groups -OCH3 is 3. The summed E-state index contributed by atoms with van der Waals surface area (Å²) in [5.74, 6) is 1.28. The van der Waals surface area contributed by atoms with Crippen LogP contribution in [-0.2, 0) is 9.47 Å². The summed E-state index contributed by atoms with van der Waals surface area (Å²) in [5, 5.41) is 3.94. The highest BCUT2D eigenvalue weighted by Gasteiger charge is 2.42. The minimum atomic E-state index is 0.0244. The Labute approximate surface area is 130 Å². The van der Waals surface area contributed by atoms with Gasteiger partial charge in [-0.1, -0.05) is 11.6 Å². The predicted octanol–water partition coefficient (Wildman–Crippen LogP) is 2.96. The van der Waals surface area contributed by atoms with Crippen LogP contribution in [0.2, 0.25) is 5.02 Å². The molecule has 0 radical (unpaired) electrons. The first-order chi connectivity index (χ1) is 10.1. The van der Waals surface area contributed by atoms with E-state index in [4.69, 9.17) is 30.5 Å². The van der Waals surface area contributed by atoms with Gasteiger partial charge in [-0.2, -0.15) is 0 Å². The molecule has 0 bridgehead atoms. The fraction of sp³-hybridized carbons (Fsp3) is 0.600. The van der Waals surface area contributed by atoms with E-state index in [2.05, 4.69) is 5.32 Å². The smallest absolute Gasteiger partial charge is 0.143 e. The van der Waals surface area contributed by atoms with Crippen molar-refractivity contribution in [2.45, 2.75) is 31.6 Å². The zero-order valence-electron chi connectivity index (χ0n) is 12.8. The maximum atomic E-state index is 6.11. The van der Waals surface area contributed by atoms with Gasteiger partial charge in [-0.25, -0.2) is 0 Å². The molecule has 1 saturated carbocycles. The van der Waals surface area contributed by atoms with Crippen LogP contribution in [0, 0.1) is 0 Å². The first kappa shape index (κ1) is 16.2. The molecule has 3 atom stereocenters. The van der Waals surface area contributed by atoms with Crippen molar-refractivity contribution in [2.75, 3.05) is 33.3 Å². The molecule has 1 N–H and O–H groups in total. The van der Waals surface area contributed by atoms with E-state index in [-0.39, 0.29) is 18.2 Å². The van der Waals surface area contributed by atoms with Crippen LogP contribution in [-0.4, -0.2) is 46.2 Å². The van der Waals surface area contributed by atoms with Crippen LogP contribution in [0.15, 0.2) is 12.1 Å². The topological polar surface area (TPSA) is 49.0 Å². The van der Waals surface area contributed by atoms with Crippen LogP contribution in [0.25, 0.3) is 0 Å². The lowest BCUT2D eigenvalue weighted by molar-refractivity contribution is -0.118. The van der Waals surface area contributed by atoms with E-state index < -0.39 is 0 Å². The molecule has 0 heterocycles. The molecule has 1 fully saturated rings. The minimum absolute atomic E-state index is 0.0244. The molecular weight excluding hydrogens is 294 g/mol. The Hall–Kier alpha value is -1.17. The van der Waals surface area contributed by atoms with Gasteiger partial charge in [0.15, 0.2) is 0 Å². The van der Waals surface area contributed by atoms with Crippen LogP contribution in [0.3, 0.4) is 0 Å². The second kappa shape index (κ2) is 7.20. The summed E-state index contributed by atoms with van der Waals surface area (Å²) >= 11 is 6.11. The molecule has 1 aromatic carbocycles. The second-order valence-electron chi connectivity index (χ2n) is 4.87. The highest BCUT2D eigenvalue weighted by atomic mass is 35.5. The van der Waals surface area contributed by atoms with Crippen molar-refractivity contribution >= 4 is 17.3 Å². The summed E-state index contributed by atoms with van der Waals surface area (Å²) in [6, 6.07) is 3.75. The van der Waals surface area contributed by atoms with Crippen LogP contribution in [0.4, 0.5) is 5.69 Å². The number of nitrogens with one attached hydrogen (secondary N) is 1. The van der Waals surface area contributed by atoms with Crippen molar-refractivity contribution < 1.29 is 18.9 Å². The van der Waals surface area contributed by atoms with E-state index >= 15 is 0 Å². The fourth-order valence-corrected chi connectivity index (χ4v) is 2.82. The molecule has 118 valence electrons. The lowest BCUT2D eigenvalue weighted by atomic mass is 9.85. The first-order valence-electron chi connectivity index (χ1n) is 6.97. The van der Waals surface area contributed by atoms with Gasteiger partial charge in [0, 0.05) is 25.8 Å². The van der Waals surface area contributed by atoms with Gasteiger partial charge in [0.2, 0.25) is 0 Å². The fourth-order valence-electron chi connectivity index (χ4n) is 2.59. The highest BCUT2D eigenvalue weighted by molar-refractivity contribution is 6.32. The maximum absolute atomic E-state index is 6.11. The molecule has 21 heavy (non-hydrogen) atoms. The van der Waals surface area contributed by atoms with E-state index in [0.717, 1.165) is 12.1 Å². The minimum Gasteiger partial charge on any atom is -0.495 e. The quantitative estimate of drug-likeness (QED) is 0.838. The molecule has 0 aromatic heterocycles. The molecule has 1 aliphatic rings. The summed E-state index contributed by atoms with van der Waals surface area (Å²) < 4.78 is 21.7. The van der Waals surface area contributed by atoms with Crippen molar-refractivity contribution in [3.8, 4) is 11.5 Å². The molecule has 2 rings (SSSR count). The lowest BCUT2D eigenvalue weighted by Gasteiger charge is -2.43. The monoisotopic (exact) mass is 315 g/mol. The van der Waals surface area contributed by atoms with E-state index in [1.807, 2.05) is 13.0 Å². The van der Waals surface area contributed by atoms with Gasteiger partial charge in [-0.05, 0) is 13.3 Å². The molecule has 0 spiro atoms. The summed E-state index contributed by atoms with van der Waals surface area (Å²) in [5.41, 5.74) is 0.834. The first-order valence-corrected chi connectivity index (χ1v) is 7.34. The number of hydrogen-bond acceptors (Lipinski definition) is 5. The highest BCUT2D eigenvalue weighted by Crippen LogP contribution is 2.38. The zero-order chi connectivity index (χ0) is 15.4. The van der Waals surface area contributed by atoms with Gasteiger partial charge >= 0.3 is 0 Å². The van der Waals surface area contributed by atoms with Gasteiger partial charge in [0.1, 0.15) is 17.6 Å². The number of anilines is 1. The van der Waals surface area contributed by atoms with E-state index in [1.165, 1.54) is 0 Å². The Morgan fingerprint density at radius 2 is 1.90 bits per heavy atom. The van der Waals surface area contributed by atoms with Crippen molar-refractivity contribution in [3.63, 3.8) is 0 Å². The van der Waals surface area contributed by atoms with Crippen molar-refractivity contribution in [2.24, 2.45) is 0 Å². The Morgan fingerprint density at radius 1 is 1.19 bits per heavy atom. The van der Waals surface area contributed by atoms with Gasteiger partial charge in [0.05, 0.1) is 37.1 Å².